The van der Waals surface area contributed by atoms with Gasteiger partial charge in [0.05, 0.1) is 18.5 Å². The van der Waals surface area contributed by atoms with Crippen molar-refractivity contribution in [2.24, 2.45) is 5.73 Å². The molecule has 3 N–H and O–H groups in total. The summed E-state index contributed by atoms with van der Waals surface area (Å²) in [6.07, 6.45) is 1.67. The maximum Gasteiger partial charge on any atom is 0.242 e. The molecule has 1 rings (SSSR count). The highest BCUT2D eigenvalue weighted by Gasteiger charge is 2.10. The lowest BCUT2D eigenvalue weighted by atomic mass is 10.3. The average molecular weight is 241 g/mol. The van der Waals surface area contributed by atoms with E-state index in [0.717, 1.165) is 0 Å². The molecule has 0 radical (unpaired) electrons. The monoisotopic (exact) mass is 241 g/mol. The molecule has 2 atom stereocenters. The Balaban J connectivity index is 2.44. The highest BCUT2D eigenvalue weighted by atomic mass is 16.5. The van der Waals surface area contributed by atoms with Gasteiger partial charge in [0, 0.05) is 19.2 Å². The number of nitrogens with zero attached hydrogens (tertiary/aromatic N) is 3. The van der Waals surface area contributed by atoms with E-state index < -0.39 is 0 Å². The third-order valence-electron chi connectivity index (χ3n) is 2.15. The van der Waals surface area contributed by atoms with Gasteiger partial charge in [-0.15, -0.1) is 5.10 Å². The fourth-order valence-corrected chi connectivity index (χ4v) is 1.36. The molecule has 0 aliphatic heterocycles. The third-order valence-corrected chi connectivity index (χ3v) is 2.15. The molecule has 1 aromatic rings. The van der Waals surface area contributed by atoms with Gasteiger partial charge in [-0.2, -0.15) is 0 Å². The summed E-state index contributed by atoms with van der Waals surface area (Å²) < 4.78 is 6.39. The lowest BCUT2D eigenvalue weighted by Gasteiger charge is -2.12. The van der Waals surface area contributed by atoms with E-state index in [1.807, 2.05) is 13.8 Å². The number of methoxy groups -OCH3 is 1. The second kappa shape index (κ2) is 6.31. The molecule has 0 saturated carbocycles. The van der Waals surface area contributed by atoms with Crippen LogP contribution in [0, 0.1) is 0 Å². The SMILES string of the molecule is COCC(C)NC(=O)Cn1cc(C(C)N)nn1. The van der Waals surface area contributed by atoms with Crippen molar-refractivity contribution in [2.45, 2.75) is 32.5 Å². The molecule has 0 aliphatic rings. The van der Waals surface area contributed by atoms with Gasteiger partial charge in [-0.05, 0) is 13.8 Å². The molecular formula is C10H19N5O2. The van der Waals surface area contributed by atoms with E-state index in [0.29, 0.717) is 12.3 Å². The quantitative estimate of drug-likeness (QED) is 0.696. The smallest absolute Gasteiger partial charge is 0.242 e. The van der Waals surface area contributed by atoms with E-state index in [1.54, 1.807) is 13.3 Å². The van der Waals surface area contributed by atoms with Crippen LogP contribution < -0.4 is 11.1 Å². The summed E-state index contributed by atoms with van der Waals surface area (Å²) in [6, 6.07) is -0.205. The summed E-state index contributed by atoms with van der Waals surface area (Å²) in [7, 11) is 1.59. The van der Waals surface area contributed by atoms with Gasteiger partial charge in [-0.3, -0.25) is 4.79 Å². The summed E-state index contributed by atoms with van der Waals surface area (Å²) in [6.45, 7) is 4.30. The maximum atomic E-state index is 11.6. The summed E-state index contributed by atoms with van der Waals surface area (Å²) >= 11 is 0. The van der Waals surface area contributed by atoms with E-state index in [2.05, 4.69) is 15.6 Å². The molecule has 0 fully saturated rings. The van der Waals surface area contributed by atoms with Crippen LogP contribution in [-0.2, 0) is 16.1 Å². The molecule has 96 valence electrons. The van der Waals surface area contributed by atoms with Crippen molar-refractivity contribution in [3.05, 3.63) is 11.9 Å². The molecule has 7 nitrogen and oxygen atoms in total. The molecule has 0 bridgehead atoms. The van der Waals surface area contributed by atoms with E-state index in [-0.39, 0.29) is 24.5 Å². The molecule has 7 heteroatoms. The van der Waals surface area contributed by atoms with Crippen molar-refractivity contribution >= 4 is 5.91 Å². The largest absolute Gasteiger partial charge is 0.383 e. The van der Waals surface area contributed by atoms with Crippen LogP contribution in [-0.4, -0.2) is 40.7 Å². The van der Waals surface area contributed by atoms with Gasteiger partial charge in [0.25, 0.3) is 0 Å². The standard InChI is InChI=1S/C10H19N5O2/c1-7(6-17-3)12-10(16)5-15-4-9(8(2)11)13-14-15/h4,7-8H,5-6,11H2,1-3H3,(H,12,16). The number of nitrogens with one attached hydrogen (secondary N) is 1. The molecule has 0 spiro atoms. The minimum Gasteiger partial charge on any atom is -0.383 e. The predicted octanol–water partition coefficient (Wildman–Crippen LogP) is -0.551. The Morgan fingerprint density at radius 1 is 1.65 bits per heavy atom. The van der Waals surface area contributed by atoms with Crippen molar-refractivity contribution < 1.29 is 9.53 Å². The van der Waals surface area contributed by atoms with Gasteiger partial charge in [0.1, 0.15) is 6.54 Å². The average Bonchev–Trinajstić information content (AvgIpc) is 2.66. The number of nitrogens with two attached hydrogens (primary N) is 1. The topological polar surface area (TPSA) is 95.1 Å². The molecule has 0 aliphatic carbocycles. The summed E-state index contributed by atoms with van der Waals surface area (Å²) in [5.74, 6) is -0.129. The number of ether oxygens (including phenoxy) is 1. The van der Waals surface area contributed by atoms with Crippen LogP contribution in [0.2, 0.25) is 0 Å². The Labute approximate surface area is 100 Å². The first kappa shape index (κ1) is 13.6. The van der Waals surface area contributed by atoms with E-state index in [4.69, 9.17) is 10.5 Å². The zero-order valence-corrected chi connectivity index (χ0v) is 10.4. The molecule has 17 heavy (non-hydrogen) atoms. The lowest BCUT2D eigenvalue weighted by molar-refractivity contribution is -0.122. The predicted molar refractivity (Wildman–Crippen MR) is 62.1 cm³/mol. The highest BCUT2D eigenvalue weighted by Crippen LogP contribution is 2.02. The molecule has 1 amide bonds. The van der Waals surface area contributed by atoms with Gasteiger partial charge < -0.3 is 15.8 Å². The van der Waals surface area contributed by atoms with Gasteiger partial charge in [0.2, 0.25) is 5.91 Å². The Hall–Kier alpha value is -1.47. The molecular weight excluding hydrogens is 222 g/mol. The van der Waals surface area contributed by atoms with Gasteiger partial charge in [-0.1, -0.05) is 5.21 Å². The normalized spacial score (nSPS) is 14.4. The van der Waals surface area contributed by atoms with Crippen molar-refractivity contribution in [3.63, 3.8) is 0 Å². The van der Waals surface area contributed by atoms with Crippen LogP contribution in [0.15, 0.2) is 6.20 Å². The second-order valence-corrected chi connectivity index (χ2v) is 4.05. The molecule has 0 saturated heterocycles. The Kier molecular flexibility index (Phi) is 5.05. The van der Waals surface area contributed by atoms with Crippen LogP contribution in [0.5, 0.6) is 0 Å². The first-order valence-corrected chi connectivity index (χ1v) is 5.46. The van der Waals surface area contributed by atoms with Gasteiger partial charge in [0.15, 0.2) is 0 Å². The van der Waals surface area contributed by atoms with E-state index >= 15 is 0 Å². The minimum absolute atomic E-state index is 0.0241. The van der Waals surface area contributed by atoms with Crippen LogP contribution >= 0.6 is 0 Å². The van der Waals surface area contributed by atoms with E-state index in [9.17, 15) is 4.79 Å². The Bertz CT molecular complexity index is 363. The first-order chi connectivity index (χ1) is 8.02. The third kappa shape index (κ3) is 4.49. The number of carbonyl (C=O) groups excluding carboxylic acids is 1. The van der Waals surface area contributed by atoms with E-state index in [1.165, 1.54) is 4.68 Å². The number of carbonyl (C=O) groups is 1. The van der Waals surface area contributed by atoms with Crippen LogP contribution in [0.25, 0.3) is 0 Å². The zero-order valence-electron chi connectivity index (χ0n) is 10.4. The van der Waals surface area contributed by atoms with Crippen molar-refractivity contribution in [2.75, 3.05) is 13.7 Å². The highest BCUT2D eigenvalue weighted by molar-refractivity contribution is 5.75. The van der Waals surface area contributed by atoms with Crippen molar-refractivity contribution in [3.8, 4) is 0 Å². The number of amides is 1. The summed E-state index contributed by atoms with van der Waals surface area (Å²) in [5.41, 5.74) is 6.31. The Morgan fingerprint density at radius 2 is 2.35 bits per heavy atom. The number of aromatic nitrogens is 3. The zero-order chi connectivity index (χ0) is 12.8. The van der Waals surface area contributed by atoms with Crippen molar-refractivity contribution in [1.82, 2.24) is 20.3 Å². The molecule has 1 aromatic heterocycles. The fourth-order valence-electron chi connectivity index (χ4n) is 1.36. The lowest BCUT2D eigenvalue weighted by Crippen LogP contribution is -2.37. The molecule has 2 unspecified atom stereocenters. The maximum absolute atomic E-state index is 11.6. The summed E-state index contributed by atoms with van der Waals surface area (Å²) in [5, 5.41) is 10.5. The number of hydrogen-bond acceptors (Lipinski definition) is 5. The van der Waals surface area contributed by atoms with Crippen LogP contribution in [0.3, 0.4) is 0 Å². The Morgan fingerprint density at radius 3 is 2.88 bits per heavy atom. The molecule has 0 aromatic carbocycles. The fraction of sp³-hybridized carbons (Fsp3) is 0.700. The van der Waals surface area contributed by atoms with Crippen LogP contribution in [0.4, 0.5) is 0 Å². The van der Waals surface area contributed by atoms with Crippen LogP contribution in [0.1, 0.15) is 25.6 Å². The minimum atomic E-state index is -0.181. The first-order valence-electron chi connectivity index (χ1n) is 5.46. The number of rotatable bonds is 6. The number of hydrogen-bond donors (Lipinski definition) is 2. The summed E-state index contributed by atoms with van der Waals surface area (Å²) in [4.78, 5) is 11.6. The van der Waals surface area contributed by atoms with Crippen molar-refractivity contribution in [1.29, 1.82) is 0 Å². The molecule has 1 heterocycles. The van der Waals surface area contributed by atoms with Gasteiger partial charge in [-0.25, -0.2) is 4.68 Å². The van der Waals surface area contributed by atoms with Gasteiger partial charge >= 0.3 is 0 Å². The second-order valence-electron chi connectivity index (χ2n) is 4.05.